The van der Waals surface area contributed by atoms with Gasteiger partial charge in [-0.3, -0.25) is 0 Å². The Balaban J connectivity index is 1.18. The summed E-state index contributed by atoms with van der Waals surface area (Å²) >= 11 is 0. The summed E-state index contributed by atoms with van der Waals surface area (Å²) in [5, 5.41) is 7.05. The van der Waals surface area contributed by atoms with Crippen LogP contribution in [0.5, 0.6) is 0 Å². The largest absolute Gasteiger partial charge is 0.456 e. The molecule has 0 aliphatic carbocycles. The van der Waals surface area contributed by atoms with Gasteiger partial charge in [-0.15, -0.1) is 0 Å². The van der Waals surface area contributed by atoms with Crippen LogP contribution in [0.25, 0.3) is 88.0 Å². The van der Waals surface area contributed by atoms with Crippen LogP contribution in [0.3, 0.4) is 0 Å². The molecule has 1 heterocycles. The van der Waals surface area contributed by atoms with E-state index in [1.54, 1.807) is 0 Å². The second-order valence-electron chi connectivity index (χ2n) is 14.9. The molecule has 0 saturated carbocycles. The summed E-state index contributed by atoms with van der Waals surface area (Å²) in [6.45, 7) is 0. The van der Waals surface area contributed by atoms with Gasteiger partial charge in [0.1, 0.15) is 11.2 Å². The van der Waals surface area contributed by atoms with Gasteiger partial charge < -0.3 is 9.32 Å². The quantitative estimate of drug-likeness (QED) is 0.162. The van der Waals surface area contributed by atoms with Crippen LogP contribution in [0.4, 0.5) is 17.1 Å². The van der Waals surface area contributed by atoms with Crippen LogP contribution in [0.15, 0.2) is 229 Å². The number of furan rings is 1. The molecule has 0 atom stereocenters. The van der Waals surface area contributed by atoms with Crippen molar-refractivity contribution in [3.63, 3.8) is 0 Å². The fourth-order valence-corrected chi connectivity index (χ4v) is 8.62. The SMILES string of the molecule is c1ccc(-c2ccc(N(c3cccc(-c4ccc5ccccc5c4)c3)c3ccccc3-c3cccc4oc5cc6ccccc6cc5c34)c(-c3ccccc3)c2)cc1. The van der Waals surface area contributed by atoms with Crippen LogP contribution in [-0.4, -0.2) is 0 Å². The zero-order chi connectivity index (χ0) is 38.4. The molecule has 0 spiro atoms. The highest BCUT2D eigenvalue weighted by molar-refractivity contribution is 6.16. The molecule has 2 heteroatoms. The van der Waals surface area contributed by atoms with Gasteiger partial charge in [0, 0.05) is 27.6 Å². The monoisotopic (exact) mass is 739 g/mol. The van der Waals surface area contributed by atoms with Crippen LogP contribution in [0, 0.1) is 0 Å². The van der Waals surface area contributed by atoms with Gasteiger partial charge >= 0.3 is 0 Å². The first-order chi connectivity index (χ1) is 28.7. The average Bonchev–Trinajstić information content (AvgIpc) is 3.67. The smallest absolute Gasteiger partial charge is 0.136 e. The topological polar surface area (TPSA) is 16.4 Å². The minimum absolute atomic E-state index is 0.875. The highest BCUT2D eigenvalue weighted by Crippen LogP contribution is 2.48. The van der Waals surface area contributed by atoms with E-state index in [1.165, 1.54) is 38.2 Å². The van der Waals surface area contributed by atoms with Crippen LogP contribution >= 0.6 is 0 Å². The summed E-state index contributed by atoms with van der Waals surface area (Å²) in [4.78, 5) is 2.45. The van der Waals surface area contributed by atoms with Crippen molar-refractivity contribution in [2.75, 3.05) is 4.90 Å². The lowest BCUT2D eigenvalue weighted by molar-refractivity contribution is 0.669. The third-order valence-corrected chi connectivity index (χ3v) is 11.4. The van der Waals surface area contributed by atoms with Crippen molar-refractivity contribution in [2.24, 2.45) is 0 Å². The zero-order valence-electron chi connectivity index (χ0n) is 31.7. The Morgan fingerprint density at radius 1 is 0.293 bits per heavy atom. The lowest BCUT2D eigenvalue weighted by atomic mass is 9.93. The van der Waals surface area contributed by atoms with Crippen LogP contribution in [0.2, 0.25) is 0 Å². The minimum atomic E-state index is 0.875. The van der Waals surface area contributed by atoms with Gasteiger partial charge in [-0.2, -0.15) is 0 Å². The molecule has 10 aromatic carbocycles. The second-order valence-corrected chi connectivity index (χ2v) is 14.9. The molecule has 0 radical (unpaired) electrons. The number of rotatable bonds is 7. The van der Waals surface area contributed by atoms with Gasteiger partial charge in [0.05, 0.1) is 11.4 Å². The summed E-state index contributed by atoms with van der Waals surface area (Å²) in [6, 6.07) is 80.8. The molecule has 0 amide bonds. The van der Waals surface area contributed by atoms with E-state index in [0.717, 1.165) is 66.8 Å². The first-order valence-electron chi connectivity index (χ1n) is 19.8. The Kier molecular flexibility index (Phi) is 8.19. The van der Waals surface area contributed by atoms with Crippen molar-refractivity contribution in [1.82, 2.24) is 0 Å². The van der Waals surface area contributed by atoms with E-state index >= 15 is 0 Å². The maximum absolute atomic E-state index is 6.61. The van der Waals surface area contributed by atoms with E-state index in [0.29, 0.717) is 0 Å². The Morgan fingerprint density at radius 2 is 0.862 bits per heavy atom. The van der Waals surface area contributed by atoms with Crippen molar-refractivity contribution in [1.29, 1.82) is 0 Å². The van der Waals surface area contributed by atoms with E-state index < -0.39 is 0 Å². The fraction of sp³-hybridized carbons (Fsp3) is 0. The molecule has 272 valence electrons. The molecule has 2 nitrogen and oxygen atoms in total. The van der Waals surface area contributed by atoms with Crippen molar-refractivity contribution >= 4 is 60.5 Å². The first kappa shape index (κ1) is 33.6. The maximum atomic E-state index is 6.61. The standard InChI is InChI=1S/C56H37NO/c1-3-15-38(16-4-1)46-31-32-53(50(35-46)40-18-5-2-6-19-40)57(47-24-13-23-42(34-47)45-30-29-39-17-7-8-20-41(39)33-45)52-27-12-11-25-48(52)49-26-14-28-54-56(49)51-36-43-21-9-10-22-44(43)37-55(51)58-54/h1-37H. The molecule has 0 unspecified atom stereocenters. The molecule has 0 N–H and O–H groups in total. The van der Waals surface area contributed by atoms with Gasteiger partial charge in [0.15, 0.2) is 0 Å². The molecule has 0 aliphatic heterocycles. The van der Waals surface area contributed by atoms with Crippen molar-refractivity contribution in [3.05, 3.63) is 224 Å². The number of nitrogens with zero attached hydrogens (tertiary/aromatic N) is 1. The number of para-hydroxylation sites is 1. The van der Waals surface area contributed by atoms with Crippen LogP contribution in [0.1, 0.15) is 0 Å². The highest BCUT2D eigenvalue weighted by atomic mass is 16.3. The molecule has 11 aromatic rings. The molecular formula is C56H37NO. The van der Waals surface area contributed by atoms with Crippen molar-refractivity contribution in [3.8, 4) is 44.5 Å². The lowest BCUT2D eigenvalue weighted by Gasteiger charge is -2.31. The lowest BCUT2D eigenvalue weighted by Crippen LogP contribution is -2.12. The van der Waals surface area contributed by atoms with Gasteiger partial charge in [-0.25, -0.2) is 0 Å². The summed E-state index contributed by atoms with van der Waals surface area (Å²) in [6.07, 6.45) is 0. The molecule has 1 aromatic heterocycles. The minimum Gasteiger partial charge on any atom is -0.456 e. The van der Waals surface area contributed by atoms with E-state index in [-0.39, 0.29) is 0 Å². The normalized spacial score (nSPS) is 11.4. The average molecular weight is 740 g/mol. The van der Waals surface area contributed by atoms with E-state index in [2.05, 4.69) is 229 Å². The Labute approximate surface area is 337 Å². The number of benzene rings is 10. The van der Waals surface area contributed by atoms with Crippen LogP contribution < -0.4 is 4.90 Å². The zero-order valence-corrected chi connectivity index (χ0v) is 31.7. The van der Waals surface area contributed by atoms with E-state index in [4.69, 9.17) is 4.42 Å². The third kappa shape index (κ3) is 5.91. The van der Waals surface area contributed by atoms with Gasteiger partial charge in [-0.05, 0) is 110 Å². The van der Waals surface area contributed by atoms with E-state index in [1.807, 2.05) is 0 Å². The highest BCUT2D eigenvalue weighted by Gasteiger charge is 2.23. The molecule has 0 fully saturated rings. The summed E-state index contributed by atoms with van der Waals surface area (Å²) in [5.74, 6) is 0. The van der Waals surface area contributed by atoms with Crippen molar-refractivity contribution in [2.45, 2.75) is 0 Å². The number of hydrogen-bond donors (Lipinski definition) is 0. The van der Waals surface area contributed by atoms with E-state index in [9.17, 15) is 0 Å². The predicted molar refractivity (Wildman–Crippen MR) is 245 cm³/mol. The molecule has 11 rings (SSSR count). The van der Waals surface area contributed by atoms with Crippen molar-refractivity contribution < 1.29 is 4.42 Å². The molecule has 0 bridgehead atoms. The molecule has 0 saturated heterocycles. The predicted octanol–water partition coefficient (Wildman–Crippen LogP) is 16.0. The Bertz CT molecular complexity index is 3290. The summed E-state index contributed by atoms with van der Waals surface area (Å²) < 4.78 is 6.61. The molecular weight excluding hydrogens is 703 g/mol. The third-order valence-electron chi connectivity index (χ3n) is 11.4. The second kappa shape index (κ2) is 14.1. The Hall–Kier alpha value is -7.68. The van der Waals surface area contributed by atoms with Gasteiger partial charge in [-0.1, -0.05) is 170 Å². The molecule has 0 aliphatic rings. The fourth-order valence-electron chi connectivity index (χ4n) is 8.62. The number of anilines is 3. The maximum Gasteiger partial charge on any atom is 0.136 e. The van der Waals surface area contributed by atoms with Crippen LogP contribution in [-0.2, 0) is 0 Å². The van der Waals surface area contributed by atoms with Gasteiger partial charge in [0.2, 0.25) is 0 Å². The number of fused-ring (bicyclic) bond motifs is 5. The van der Waals surface area contributed by atoms with Gasteiger partial charge in [0.25, 0.3) is 0 Å². The first-order valence-corrected chi connectivity index (χ1v) is 19.8. The summed E-state index contributed by atoms with van der Waals surface area (Å²) in [5.41, 5.74) is 14.2. The molecule has 58 heavy (non-hydrogen) atoms. The number of hydrogen-bond acceptors (Lipinski definition) is 2. The summed E-state index contributed by atoms with van der Waals surface area (Å²) in [7, 11) is 0. The Morgan fingerprint density at radius 3 is 1.67 bits per heavy atom.